The standard InChI is InChI=1S/C16H20F3NO2/c1-11(12-5-3-2-4-6-12)20(15(22)16(17,18)19)13-7-9-14(21)10-8-13/h2-6,11,13-14,21H,7-10H2,1H3/t11-,13?,14?/m0/s1. The fourth-order valence-electron chi connectivity index (χ4n) is 3.03. The molecule has 0 saturated heterocycles. The van der Waals surface area contributed by atoms with Crippen LogP contribution in [0.2, 0.25) is 0 Å². The Morgan fingerprint density at radius 3 is 2.23 bits per heavy atom. The van der Waals surface area contributed by atoms with E-state index in [0.717, 1.165) is 4.90 Å². The summed E-state index contributed by atoms with van der Waals surface area (Å²) in [5.74, 6) is -1.80. The van der Waals surface area contributed by atoms with Crippen molar-refractivity contribution in [1.29, 1.82) is 0 Å². The highest BCUT2D eigenvalue weighted by atomic mass is 19.4. The zero-order valence-corrected chi connectivity index (χ0v) is 12.4. The molecule has 1 amide bonds. The van der Waals surface area contributed by atoms with Gasteiger partial charge in [0, 0.05) is 6.04 Å². The van der Waals surface area contributed by atoms with Crippen molar-refractivity contribution in [1.82, 2.24) is 4.90 Å². The number of aliphatic hydroxyl groups excluding tert-OH is 1. The van der Waals surface area contributed by atoms with Gasteiger partial charge in [-0.2, -0.15) is 13.2 Å². The molecule has 22 heavy (non-hydrogen) atoms. The van der Waals surface area contributed by atoms with Crippen LogP contribution in [0.4, 0.5) is 13.2 Å². The fourth-order valence-corrected chi connectivity index (χ4v) is 3.03. The molecule has 0 aromatic heterocycles. The molecule has 1 aromatic carbocycles. The first-order valence-corrected chi connectivity index (χ1v) is 7.43. The molecule has 0 aliphatic heterocycles. The molecular formula is C16H20F3NO2. The molecule has 1 N–H and O–H groups in total. The number of carbonyl (C=O) groups is 1. The number of amides is 1. The number of rotatable bonds is 3. The molecule has 0 bridgehead atoms. The Labute approximate surface area is 127 Å². The summed E-state index contributed by atoms with van der Waals surface area (Å²) >= 11 is 0. The molecule has 1 aliphatic rings. The molecule has 6 heteroatoms. The molecule has 1 aliphatic carbocycles. The third kappa shape index (κ3) is 3.80. The number of aliphatic hydroxyl groups is 1. The summed E-state index contributed by atoms with van der Waals surface area (Å²) in [7, 11) is 0. The molecule has 0 radical (unpaired) electrons. The minimum atomic E-state index is -4.89. The zero-order valence-electron chi connectivity index (χ0n) is 12.4. The van der Waals surface area contributed by atoms with Crippen molar-refractivity contribution in [3.05, 3.63) is 35.9 Å². The highest BCUT2D eigenvalue weighted by Crippen LogP contribution is 2.34. The van der Waals surface area contributed by atoms with Crippen LogP contribution in [-0.4, -0.2) is 34.2 Å². The van der Waals surface area contributed by atoms with Crippen LogP contribution in [-0.2, 0) is 4.79 Å². The summed E-state index contributed by atoms with van der Waals surface area (Å²) < 4.78 is 38.9. The van der Waals surface area contributed by atoms with Gasteiger partial charge in [0.25, 0.3) is 0 Å². The first kappa shape index (κ1) is 16.8. The third-order valence-corrected chi connectivity index (χ3v) is 4.24. The van der Waals surface area contributed by atoms with Crippen LogP contribution < -0.4 is 0 Å². The van der Waals surface area contributed by atoms with E-state index in [9.17, 15) is 23.1 Å². The van der Waals surface area contributed by atoms with Gasteiger partial charge in [0.2, 0.25) is 0 Å². The Kier molecular flexibility index (Phi) is 5.11. The topological polar surface area (TPSA) is 40.5 Å². The van der Waals surface area contributed by atoms with Gasteiger partial charge in [-0.1, -0.05) is 30.3 Å². The summed E-state index contributed by atoms with van der Waals surface area (Å²) in [5, 5.41) is 9.54. The summed E-state index contributed by atoms with van der Waals surface area (Å²) in [6.45, 7) is 1.62. The largest absolute Gasteiger partial charge is 0.471 e. The predicted octanol–water partition coefficient (Wildman–Crippen LogP) is 3.44. The Balaban J connectivity index is 2.27. The van der Waals surface area contributed by atoms with Crippen molar-refractivity contribution < 1.29 is 23.1 Å². The van der Waals surface area contributed by atoms with Crippen LogP contribution in [0.15, 0.2) is 30.3 Å². The van der Waals surface area contributed by atoms with E-state index in [-0.39, 0.29) is 0 Å². The Bertz CT molecular complexity index is 496. The van der Waals surface area contributed by atoms with Gasteiger partial charge in [-0.15, -0.1) is 0 Å². The van der Waals surface area contributed by atoms with Gasteiger partial charge in [0.1, 0.15) is 0 Å². The van der Waals surface area contributed by atoms with Gasteiger partial charge in [0.05, 0.1) is 12.1 Å². The number of benzene rings is 1. The number of alkyl halides is 3. The van der Waals surface area contributed by atoms with Crippen LogP contribution in [0.1, 0.15) is 44.2 Å². The molecular weight excluding hydrogens is 295 g/mol. The van der Waals surface area contributed by atoms with Crippen LogP contribution in [0.5, 0.6) is 0 Å². The second kappa shape index (κ2) is 6.69. The lowest BCUT2D eigenvalue weighted by Gasteiger charge is -2.40. The summed E-state index contributed by atoms with van der Waals surface area (Å²) in [5.41, 5.74) is 0.672. The Hall–Kier alpha value is -1.56. The second-order valence-electron chi connectivity index (χ2n) is 5.76. The van der Waals surface area contributed by atoms with Crippen molar-refractivity contribution in [2.45, 2.75) is 57.0 Å². The summed E-state index contributed by atoms with van der Waals surface area (Å²) in [6.07, 6.45) is -3.74. The maximum Gasteiger partial charge on any atom is 0.471 e. The highest BCUT2D eigenvalue weighted by molar-refractivity contribution is 5.82. The lowest BCUT2D eigenvalue weighted by molar-refractivity contribution is -0.191. The minimum Gasteiger partial charge on any atom is -0.393 e. The smallest absolute Gasteiger partial charge is 0.393 e. The third-order valence-electron chi connectivity index (χ3n) is 4.24. The monoisotopic (exact) mass is 315 g/mol. The van der Waals surface area contributed by atoms with Crippen molar-refractivity contribution in [3.63, 3.8) is 0 Å². The van der Waals surface area contributed by atoms with E-state index in [1.54, 1.807) is 37.3 Å². The van der Waals surface area contributed by atoms with Gasteiger partial charge < -0.3 is 10.0 Å². The number of hydrogen-bond donors (Lipinski definition) is 1. The molecule has 0 unspecified atom stereocenters. The Morgan fingerprint density at radius 2 is 1.73 bits per heavy atom. The van der Waals surface area contributed by atoms with Crippen molar-refractivity contribution in [2.24, 2.45) is 0 Å². The van der Waals surface area contributed by atoms with E-state index in [1.165, 1.54) is 0 Å². The molecule has 0 heterocycles. The fraction of sp³-hybridized carbons (Fsp3) is 0.562. The predicted molar refractivity (Wildman–Crippen MR) is 76.0 cm³/mol. The van der Waals surface area contributed by atoms with Crippen molar-refractivity contribution >= 4 is 5.91 Å². The number of halogens is 3. The SMILES string of the molecule is C[C@@H](c1ccccc1)N(C(=O)C(F)(F)F)C1CCC(O)CC1. The molecule has 1 atom stereocenters. The van der Waals surface area contributed by atoms with Gasteiger partial charge >= 0.3 is 12.1 Å². The average Bonchev–Trinajstić information content (AvgIpc) is 2.49. The summed E-state index contributed by atoms with van der Waals surface area (Å²) in [4.78, 5) is 12.8. The first-order valence-electron chi connectivity index (χ1n) is 7.43. The summed E-state index contributed by atoms with van der Waals surface area (Å²) in [6, 6.07) is 7.56. The maximum atomic E-state index is 13.0. The number of carbonyl (C=O) groups excluding carboxylic acids is 1. The van der Waals surface area contributed by atoms with E-state index in [4.69, 9.17) is 0 Å². The van der Waals surface area contributed by atoms with Crippen molar-refractivity contribution in [2.75, 3.05) is 0 Å². The van der Waals surface area contributed by atoms with E-state index < -0.39 is 30.3 Å². The average molecular weight is 315 g/mol. The normalized spacial score (nSPS) is 23.9. The van der Waals surface area contributed by atoms with E-state index in [2.05, 4.69) is 0 Å². The van der Waals surface area contributed by atoms with Crippen LogP contribution in [0.3, 0.4) is 0 Å². The quantitative estimate of drug-likeness (QED) is 0.928. The molecule has 2 rings (SSSR count). The number of nitrogens with zero attached hydrogens (tertiary/aromatic N) is 1. The molecule has 122 valence electrons. The van der Waals surface area contributed by atoms with Crippen LogP contribution in [0.25, 0.3) is 0 Å². The second-order valence-corrected chi connectivity index (χ2v) is 5.76. The van der Waals surface area contributed by atoms with Gasteiger partial charge in [-0.3, -0.25) is 4.79 Å². The molecule has 1 aromatic rings. The lowest BCUT2D eigenvalue weighted by Crippen LogP contribution is -2.49. The molecule has 0 spiro atoms. The zero-order chi connectivity index (χ0) is 16.3. The Morgan fingerprint density at radius 1 is 1.18 bits per heavy atom. The van der Waals surface area contributed by atoms with Crippen LogP contribution >= 0.6 is 0 Å². The lowest BCUT2D eigenvalue weighted by atomic mass is 9.90. The van der Waals surface area contributed by atoms with Gasteiger partial charge in [-0.25, -0.2) is 0 Å². The van der Waals surface area contributed by atoms with Gasteiger partial charge in [-0.05, 0) is 38.2 Å². The maximum absolute atomic E-state index is 13.0. The molecule has 1 saturated carbocycles. The minimum absolute atomic E-state index is 0.389. The highest BCUT2D eigenvalue weighted by Gasteiger charge is 2.46. The molecule has 3 nitrogen and oxygen atoms in total. The first-order chi connectivity index (χ1) is 10.3. The molecule has 1 fully saturated rings. The number of hydrogen-bond acceptors (Lipinski definition) is 2. The van der Waals surface area contributed by atoms with E-state index >= 15 is 0 Å². The van der Waals surface area contributed by atoms with Crippen LogP contribution in [0, 0.1) is 0 Å². The van der Waals surface area contributed by atoms with E-state index in [0.29, 0.717) is 31.2 Å². The van der Waals surface area contributed by atoms with E-state index in [1.807, 2.05) is 0 Å². The van der Waals surface area contributed by atoms with Crippen molar-refractivity contribution in [3.8, 4) is 0 Å². The van der Waals surface area contributed by atoms with Gasteiger partial charge in [0.15, 0.2) is 0 Å².